The summed E-state index contributed by atoms with van der Waals surface area (Å²) in [5.74, 6) is -0.152. The number of amides is 1. The molecule has 1 aromatic rings. The van der Waals surface area contributed by atoms with Crippen LogP contribution in [-0.2, 0) is 19.7 Å². The first-order valence-electron chi connectivity index (χ1n) is 7.43. The average molecular weight is 293 g/mol. The molecule has 3 rings (SSSR count). The van der Waals surface area contributed by atoms with Crippen LogP contribution in [0.3, 0.4) is 0 Å². The molecule has 0 bridgehead atoms. The van der Waals surface area contributed by atoms with Crippen molar-refractivity contribution >= 4 is 5.91 Å². The summed E-state index contributed by atoms with van der Waals surface area (Å²) in [7, 11) is 0. The van der Waals surface area contributed by atoms with Crippen molar-refractivity contribution in [3.05, 3.63) is 35.6 Å². The van der Waals surface area contributed by atoms with Crippen LogP contribution in [0.5, 0.6) is 0 Å². The van der Waals surface area contributed by atoms with Gasteiger partial charge in [-0.3, -0.25) is 4.79 Å². The number of carbonyl (C=O) groups is 1. The number of hydrogen-bond acceptors (Lipinski definition) is 3. The van der Waals surface area contributed by atoms with E-state index in [0.717, 1.165) is 5.56 Å². The summed E-state index contributed by atoms with van der Waals surface area (Å²) in [5.41, 5.74) is 0.312. The number of ether oxygens (including phenoxy) is 2. The van der Waals surface area contributed by atoms with Gasteiger partial charge in [0.15, 0.2) is 0 Å². The fourth-order valence-corrected chi connectivity index (χ4v) is 3.18. The van der Waals surface area contributed by atoms with Crippen LogP contribution in [0, 0.1) is 5.82 Å². The molecule has 1 amide bonds. The zero-order chi connectivity index (χ0) is 14.7. The van der Waals surface area contributed by atoms with Gasteiger partial charge in [0.05, 0.1) is 18.6 Å². The SMILES string of the molecule is O=C(N1CCOCC1)C1(c2ccc(F)cc2)CCOCC1. The zero-order valence-corrected chi connectivity index (χ0v) is 12.0. The Balaban J connectivity index is 1.92. The summed E-state index contributed by atoms with van der Waals surface area (Å²) in [6.07, 6.45) is 1.30. The molecule has 21 heavy (non-hydrogen) atoms. The maximum Gasteiger partial charge on any atom is 0.233 e. The largest absolute Gasteiger partial charge is 0.381 e. The van der Waals surface area contributed by atoms with Gasteiger partial charge in [-0.05, 0) is 30.5 Å². The number of benzene rings is 1. The third-order valence-corrected chi connectivity index (χ3v) is 4.45. The van der Waals surface area contributed by atoms with Crippen molar-refractivity contribution in [2.75, 3.05) is 39.5 Å². The molecule has 0 aliphatic carbocycles. The molecule has 5 heteroatoms. The van der Waals surface area contributed by atoms with E-state index in [4.69, 9.17) is 9.47 Å². The van der Waals surface area contributed by atoms with Crippen LogP contribution in [0.4, 0.5) is 4.39 Å². The normalized spacial score (nSPS) is 22.0. The highest BCUT2D eigenvalue weighted by atomic mass is 19.1. The van der Waals surface area contributed by atoms with Crippen molar-refractivity contribution in [1.82, 2.24) is 4.90 Å². The van der Waals surface area contributed by atoms with Gasteiger partial charge in [0.25, 0.3) is 0 Å². The van der Waals surface area contributed by atoms with Gasteiger partial charge in [-0.1, -0.05) is 12.1 Å². The summed E-state index contributed by atoms with van der Waals surface area (Å²) in [6.45, 7) is 3.55. The Morgan fingerprint density at radius 2 is 1.57 bits per heavy atom. The Bertz CT molecular complexity index is 491. The molecule has 114 valence electrons. The van der Waals surface area contributed by atoms with Crippen molar-refractivity contribution in [3.8, 4) is 0 Å². The Labute approximate surface area is 123 Å². The van der Waals surface area contributed by atoms with Crippen molar-refractivity contribution in [1.29, 1.82) is 0 Å². The monoisotopic (exact) mass is 293 g/mol. The van der Waals surface area contributed by atoms with E-state index in [2.05, 4.69) is 0 Å². The van der Waals surface area contributed by atoms with Gasteiger partial charge in [0.1, 0.15) is 5.82 Å². The van der Waals surface area contributed by atoms with Gasteiger partial charge >= 0.3 is 0 Å². The van der Waals surface area contributed by atoms with Gasteiger partial charge in [-0.25, -0.2) is 4.39 Å². The second kappa shape index (κ2) is 6.12. The molecule has 2 saturated heterocycles. The van der Waals surface area contributed by atoms with Crippen LogP contribution in [0.15, 0.2) is 24.3 Å². The number of hydrogen-bond donors (Lipinski definition) is 0. The van der Waals surface area contributed by atoms with E-state index in [9.17, 15) is 9.18 Å². The summed E-state index contributed by atoms with van der Waals surface area (Å²) in [4.78, 5) is 15.0. The quantitative estimate of drug-likeness (QED) is 0.833. The minimum Gasteiger partial charge on any atom is -0.381 e. The first-order valence-corrected chi connectivity index (χ1v) is 7.43. The number of rotatable bonds is 2. The topological polar surface area (TPSA) is 38.8 Å². The molecule has 0 saturated carbocycles. The molecule has 0 N–H and O–H groups in total. The van der Waals surface area contributed by atoms with Crippen LogP contribution in [-0.4, -0.2) is 50.3 Å². The van der Waals surface area contributed by atoms with E-state index in [1.54, 1.807) is 12.1 Å². The minimum absolute atomic E-state index is 0.126. The van der Waals surface area contributed by atoms with Crippen molar-refractivity contribution < 1.29 is 18.7 Å². The van der Waals surface area contributed by atoms with Crippen LogP contribution in [0.25, 0.3) is 0 Å². The predicted molar refractivity (Wildman–Crippen MR) is 75.5 cm³/mol. The Hall–Kier alpha value is -1.46. The van der Waals surface area contributed by atoms with Gasteiger partial charge < -0.3 is 14.4 Å². The van der Waals surface area contributed by atoms with Gasteiger partial charge in [0.2, 0.25) is 5.91 Å². The second-order valence-electron chi connectivity index (χ2n) is 5.61. The summed E-state index contributed by atoms with van der Waals surface area (Å²) < 4.78 is 24.0. The van der Waals surface area contributed by atoms with Crippen molar-refractivity contribution in [2.45, 2.75) is 18.3 Å². The molecule has 2 heterocycles. The predicted octanol–water partition coefficient (Wildman–Crippen LogP) is 1.73. The highest BCUT2D eigenvalue weighted by Gasteiger charge is 2.44. The molecule has 0 unspecified atom stereocenters. The maximum atomic E-state index is 13.2. The summed E-state index contributed by atoms with van der Waals surface area (Å²) >= 11 is 0. The number of carbonyl (C=O) groups excluding carboxylic acids is 1. The third kappa shape index (κ3) is 2.80. The molecule has 0 radical (unpaired) electrons. The van der Waals surface area contributed by atoms with E-state index in [-0.39, 0.29) is 11.7 Å². The smallest absolute Gasteiger partial charge is 0.233 e. The van der Waals surface area contributed by atoms with Crippen molar-refractivity contribution in [3.63, 3.8) is 0 Å². The standard InChI is InChI=1S/C16H20FNO3/c17-14-3-1-13(2-4-14)16(5-9-20-10-6-16)15(19)18-7-11-21-12-8-18/h1-4H,5-12H2. The Kier molecular flexibility index (Phi) is 4.22. The number of halogens is 1. The number of morpholine rings is 1. The van der Waals surface area contributed by atoms with Gasteiger partial charge in [-0.15, -0.1) is 0 Å². The van der Waals surface area contributed by atoms with E-state index in [1.807, 2.05) is 4.90 Å². The zero-order valence-electron chi connectivity index (χ0n) is 12.0. The molecule has 1 aromatic carbocycles. The lowest BCUT2D eigenvalue weighted by molar-refractivity contribution is -0.145. The van der Waals surface area contributed by atoms with E-state index >= 15 is 0 Å². The minimum atomic E-state index is -0.580. The fraction of sp³-hybridized carbons (Fsp3) is 0.562. The highest BCUT2D eigenvalue weighted by molar-refractivity contribution is 5.88. The van der Waals surface area contributed by atoms with Gasteiger partial charge in [-0.2, -0.15) is 0 Å². The fourth-order valence-electron chi connectivity index (χ4n) is 3.18. The molecule has 2 aliphatic rings. The first-order chi connectivity index (χ1) is 10.2. The molecule has 4 nitrogen and oxygen atoms in total. The van der Waals surface area contributed by atoms with E-state index in [0.29, 0.717) is 52.4 Å². The summed E-state index contributed by atoms with van der Waals surface area (Å²) in [5, 5.41) is 0. The van der Waals surface area contributed by atoms with Crippen LogP contribution >= 0.6 is 0 Å². The molecule has 2 fully saturated rings. The molecule has 2 aliphatic heterocycles. The van der Waals surface area contributed by atoms with E-state index in [1.165, 1.54) is 12.1 Å². The highest BCUT2D eigenvalue weighted by Crippen LogP contribution is 2.37. The van der Waals surface area contributed by atoms with Crippen LogP contribution < -0.4 is 0 Å². The van der Waals surface area contributed by atoms with Crippen LogP contribution in [0.1, 0.15) is 18.4 Å². The lowest BCUT2D eigenvalue weighted by Gasteiger charge is -2.41. The average Bonchev–Trinajstić information content (AvgIpc) is 2.56. The first kappa shape index (κ1) is 14.5. The maximum absolute atomic E-state index is 13.2. The third-order valence-electron chi connectivity index (χ3n) is 4.45. The Morgan fingerprint density at radius 1 is 1.00 bits per heavy atom. The molecular weight excluding hydrogens is 273 g/mol. The lowest BCUT2D eigenvalue weighted by atomic mass is 9.73. The molecule has 0 spiro atoms. The number of nitrogens with zero attached hydrogens (tertiary/aromatic N) is 1. The lowest BCUT2D eigenvalue weighted by Crippen LogP contribution is -2.53. The van der Waals surface area contributed by atoms with Crippen molar-refractivity contribution in [2.24, 2.45) is 0 Å². The van der Waals surface area contributed by atoms with Gasteiger partial charge in [0, 0.05) is 26.3 Å². The molecular formula is C16H20FNO3. The summed E-state index contributed by atoms with van der Waals surface area (Å²) in [6, 6.07) is 6.33. The second-order valence-corrected chi connectivity index (χ2v) is 5.61. The van der Waals surface area contributed by atoms with E-state index < -0.39 is 5.41 Å². The Morgan fingerprint density at radius 3 is 2.19 bits per heavy atom. The molecule has 0 atom stereocenters. The molecule has 0 aromatic heterocycles. The van der Waals surface area contributed by atoms with Crippen LogP contribution in [0.2, 0.25) is 0 Å².